The molecular weight excluding hydrogens is 317 g/mol. The Hall–Kier alpha value is -0.690. The minimum atomic E-state index is -3.77. The van der Waals surface area contributed by atoms with E-state index in [9.17, 15) is 12.8 Å². The molecule has 0 spiro atoms. The molecule has 0 amide bonds. The molecule has 1 N–H and O–H groups in total. The zero-order valence-corrected chi connectivity index (χ0v) is 13.4. The Morgan fingerprint density at radius 3 is 2.57 bits per heavy atom. The van der Waals surface area contributed by atoms with Gasteiger partial charge in [-0.3, -0.25) is 0 Å². The third-order valence-corrected chi connectivity index (χ3v) is 6.27. The van der Waals surface area contributed by atoms with Gasteiger partial charge in [0.05, 0.1) is 16.5 Å². The summed E-state index contributed by atoms with van der Waals surface area (Å²) in [5.41, 5.74) is 0.0786. The molecule has 0 saturated heterocycles. The fourth-order valence-electron chi connectivity index (χ4n) is 2.39. The first-order valence-electron chi connectivity index (χ1n) is 6.99. The maximum absolute atomic E-state index is 13.7. The van der Waals surface area contributed by atoms with E-state index in [1.807, 2.05) is 0 Å². The maximum atomic E-state index is 13.7. The standard InChI is InChI=1S/C14H19ClFNO3S/c1-2-17(8-10-4-3-5-10)21(19,20)12-6-11(9-18)14(15)13(16)7-12/h6-7,10,18H,2-5,8-9H2,1H3. The predicted molar refractivity (Wildman–Crippen MR) is 79.1 cm³/mol. The van der Waals surface area contributed by atoms with E-state index in [-0.39, 0.29) is 15.5 Å². The van der Waals surface area contributed by atoms with Gasteiger partial charge in [-0.05, 0) is 30.9 Å². The molecule has 0 atom stereocenters. The summed E-state index contributed by atoms with van der Waals surface area (Å²) < 4.78 is 40.3. The lowest BCUT2D eigenvalue weighted by atomic mass is 9.85. The first kappa shape index (κ1) is 16.7. The van der Waals surface area contributed by atoms with Crippen LogP contribution in [-0.2, 0) is 16.6 Å². The van der Waals surface area contributed by atoms with E-state index in [2.05, 4.69) is 0 Å². The summed E-state index contributed by atoms with van der Waals surface area (Å²) in [4.78, 5) is -0.158. The van der Waals surface area contributed by atoms with Gasteiger partial charge in [0.25, 0.3) is 0 Å². The Morgan fingerprint density at radius 1 is 1.43 bits per heavy atom. The molecule has 1 aromatic carbocycles. The van der Waals surface area contributed by atoms with Gasteiger partial charge >= 0.3 is 0 Å². The summed E-state index contributed by atoms with van der Waals surface area (Å²) in [6, 6.07) is 2.16. The molecular formula is C14H19ClFNO3S. The molecule has 2 rings (SSSR count). The van der Waals surface area contributed by atoms with Crippen LogP contribution in [-0.4, -0.2) is 30.9 Å². The highest BCUT2D eigenvalue weighted by molar-refractivity contribution is 7.89. The van der Waals surface area contributed by atoms with Crippen LogP contribution in [0.1, 0.15) is 31.7 Å². The van der Waals surface area contributed by atoms with Crippen LogP contribution in [0.15, 0.2) is 17.0 Å². The maximum Gasteiger partial charge on any atom is 0.243 e. The van der Waals surface area contributed by atoms with Crippen molar-refractivity contribution in [2.24, 2.45) is 5.92 Å². The second kappa shape index (κ2) is 6.60. The number of sulfonamides is 1. The number of rotatable bonds is 6. The highest BCUT2D eigenvalue weighted by Crippen LogP contribution is 2.30. The number of nitrogens with zero attached hydrogens (tertiary/aromatic N) is 1. The molecule has 1 fully saturated rings. The van der Waals surface area contributed by atoms with Gasteiger partial charge < -0.3 is 5.11 Å². The number of aliphatic hydroxyl groups excluding tert-OH is 1. The normalized spacial score (nSPS) is 16.2. The molecule has 1 aliphatic carbocycles. The number of benzene rings is 1. The van der Waals surface area contributed by atoms with Crippen molar-refractivity contribution in [3.8, 4) is 0 Å². The number of hydrogen-bond donors (Lipinski definition) is 1. The van der Waals surface area contributed by atoms with Crippen molar-refractivity contribution in [1.29, 1.82) is 0 Å². The van der Waals surface area contributed by atoms with Crippen LogP contribution in [0.5, 0.6) is 0 Å². The zero-order valence-electron chi connectivity index (χ0n) is 11.8. The van der Waals surface area contributed by atoms with Gasteiger partial charge in [-0.25, -0.2) is 12.8 Å². The predicted octanol–water partition coefficient (Wildman–Crippen LogP) is 2.78. The lowest BCUT2D eigenvalue weighted by molar-refractivity contribution is 0.250. The molecule has 0 bridgehead atoms. The average Bonchev–Trinajstić information content (AvgIpc) is 2.40. The van der Waals surface area contributed by atoms with E-state index in [0.29, 0.717) is 19.0 Å². The van der Waals surface area contributed by atoms with Gasteiger partial charge in [0.15, 0.2) is 0 Å². The number of aliphatic hydroxyl groups is 1. The first-order valence-corrected chi connectivity index (χ1v) is 8.80. The molecule has 1 saturated carbocycles. The van der Waals surface area contributed by atoms with Crippen LogP contribution in [0.25, 0.3) is 0 Å². The van der Waals surface area contributed by atoms with Crippen molar-refractivity contribution in [3.63, 3.8) is 0 Å². The van der Waals surface area contributed by atoms with Crippen molar-refractivity contribution in [3.05, 3.63) is 28.5 Å². The molecule has 0 aliphatic heterocycles. The SMILES string of the molecule is CCN(CC1CCC1)S(=O)(=O)c1cc(F)c(Cl)c(CO)c1. The Balaban J connectivity index is 2.34. The smallest absolute Gasteiger partial charge is 0.243 e. The van der Waals surface area contributed by atoms with Crippen molar-refractivity contribution < 1.29 is 17.9 Å². The molecule has 118 valence electrons. The Bertz CT molecular complexity index is 617. The molecule has 0 unspecified atom stereocenters. The zero-order chi connectivity index (χ0) is 15.6. The molecule has 21 heavy (non-hydrogen) atoms. The summed E-state index contributed by atoms with van der Waals surface area (Å²) in [7, 11) is -3.77. The molecule has 4 nitrogen and oxygen atoms in total. The summed E-state index contributed by atoms with van der Waals surface area (Å²) in [6.07, 6.45) is 3.19. The average molecular weight is 336 g/mol. The largest absolute Gasteiger partial charge is 0.392 e. The van der Waals surface area contributed by atoms with Crippen molar-refractivity contribution in [2.45, 2.75) is 37.7 Å². The minimum absolute atomic E-state index is 0.0786. The Labute approximate surface area is 129 Å². The van der Waals surface area contributed by atoms with Crippen molar-refractivity contribution >= 4 is 21.6 Å². The lowest BCUT2D eigenvalue weighted by Crippen LogP contribution is -2.37. The minimum Gasteiger partial charge on any atom is -0.392 e. The monoisotopic (exact) mass is 335 g/mol. The van der Waals surface area contributed by atoms with E-state index in [1.54, 1.807) is 6.92 Å². The fraction of sp³-hybridized carbons (Fsp3) is 0.571. The summed E-state index contributed by atoms with van der Waals surface area (Å²) >= 11 is 5.70. The highest BCUT2D eigenvalue weighted by Gasteiger charge is 2.29. The van der Waals surface area contributed by atoms with E-state index in [1.165, 1.54) is 10.4 Å². The van der Waals surface area contributed by atoms with Gasteiger partial charge in [-0.1, -0.05) is 24.9 Å². The summed E-state index contributed by atoms with van der Waals surface area (Å²) in [5.74, 6) is -0.448. The quantitative estimate of drug-likeness (QED) is 0.869. The second-order valence-corrected chi connectivity index (χ2v) is 7.60. The van der Waals surface area contributed by atoms with Crippen LogP contribution < -0.4 is 0 Å². The highest BCUT2D eigenvalue weighted by atomic mass is 35.5. The van der Waals surface area contributed by atoms with E-state index in [0.717, 1.165) is 25.3 Å². The molecule has 0 heterocycles. The fourth-order valence-corrected chi connectivity index (χ4v) is 4.15. The summed E-state index contributed by atoms with van der Waals surface area (Å²) in [5, 5.41) is 8.92. The molecule has 0 aromatic heterocycles. The van der Waals surface area contributed by atoms with Crippen LogP contribution >= 0.6 is 11.6 Å². The van der Waals surface area contributed by atoms with E-state index >= 15 is 0 Å². The third kappa shape index (κ3) is 3.39. The molecule has 0 radical (unpaired) electrons. The lowest BCUT2D eigenvalue weighted by Gasteiger charge is -2.31. The van der Waals surface area contributed by atoms with Crippen LogP contribution in [0.3, 0.4) is 0 Å². The van der Waals surface area contributed by atoms with Gasteiger partial charge in [-0.15, -0.1) is 0 Å². The number of hydrogen-bond acceptors (Lipinski definition) is 3. The van der Waals surface area contributed by atoms with Gasteiger partial charge in [-0.2, -0.15) is 4.31 Å². The van der Waals surface area contributed by atoms with Crippen LogP contribution in [0.2, 0.25) is 5.02 Å². The Morgan fingerprint density at radius 2 is 2.10 bits per heavy atom. The molecule has 1 aromatic rings. The van der Waals surface area contributed by atoms with E-state index in [4.69, 9.17) is 16.7 Å². The number of halogens is 2. The second-order valence-electron chi connectivity index (χ2n) is 5.29. The molecule has 7 heteroatoms. The molecule has 1 aliphatic rings. The topological polar surface area (TPSA) is 57.6 Å². The van der Waals surface area contributed by atoms with Crippen LogP contribution in [0.4, 0.5) is 4.39 Å². The third-order valence-electron chi connectivity index (χ3n) is 3.92. The van der Waals surface area contributed by atoms with Crippen molar-refractivity contribution in [2.75, 3.05) is 13.1 Å². The Kier molecular flexibility index (Phi) is 5.24. The summed E-state index contributed by atoms with van der Waals surface area (Å²) in [6.45, 7) is 2.04. The first-order chi connectivity index (χ1) is 9.90. The van der Waals surface area contributed by atoms with Crippen molar-refractivity contribution in [1.82, 2.24) is 4.31 Å². The van der Waals surface area contributed by atoms with E-state index < -0.39 is 22.4 Å². The van der Waals surface area contributed by atoms with Crippen LogP contribution in [0, 0.1) is 11.7 Å². The van der Waals surface area contributed by atoms with Gasteiger partial charge in [0.1, 0.15) is 5.82 Å². The van der Waals surface area contributed by atoms with Gasteiger partial charge in [0.2, 0.25) is 10.0 Å². The van der Waals surface area contributed by atoms with Gasteiger partial charge in [0, 0.05) is 18.7 Å².